The smallest absolute Gasteiger partial charge is 0.127 e. The SMILES string of the molecule is N#Cc1ccc(F)c(CNCC(O)C2CC2)c1. The Balaban J connectivity index is 1.87. The monoisotopic (exact) mass is 234 g/mol. The van der Waals surface area contributed by atoms with Gasteiger partial charge >= 0.3 is 0 Å². The van der Waals surface area contributed by atoms with E-state index in [1.165, 1.54) is 18.2 Å². The number of benzene rings is 1. The van der Waals surface area contributed by atoms with Crippen LogP contribution in [0.15, 0.2) is 18.2 Å². The fourth-order valence-corrected chi connectivity index (χ4v) is 1.78. The number of halogens is 1. The van der Waals surface area contributed by atoms with E-state index < -0.39 is 0 Å². The molecule has 2 rings (SSSR count). The second-order valence-electron chi connectivity index (χ2n) is 4.45. The molecule has 1 aliphatic carbocycles. The Morgan fingerprint density at radius 3 is 2.94 bits per heavy atom. The van der Waals surface area contributed by atoms with E-state index in [1.807, 2.05) is 6.07 Å². The van der Waals surface area contributed by atoms with Gasteiger partial charge in [0.05, 0.1) is 17.7 Å². The van der Waals surface area contributed by atoms with Crippen LogP contribution in [-0.2, 0) is 6.54 Å². The zero-order valence-corrected chi connectivity index (χ0v) is 9.49. The number of aliphatic hydroxyl groups is 1. The van der Waals surface area contributed by atoms with Gasteiger partial charge in [-0.05, 0) is 37.0 Å². The largest absolute Gasteiger partial charge is 0.392 e. The van der Waals surface area contributed by atoms with Crippen molar-refractivity contribution in [1.82, 2.24) is 5.32 Å². The number of aliphatic hydroxyl groups excluding tert-OH is 1. The number of nitriles is 1. The first-order valence-corrected chi connectivity index (χ1v) is 5.78. The summed E-state index contributed by atoms with van der Waals surface area (Å²) in [5.41, 5.74) is 0.915. The summed E-state index contributed by atoms with van der Waals surface area (Å²) in [5, 5.41) is 21.4. The van der Waals surface area contributed by atoms with Crippen molar-refractivity contribution in [1.29, 1.82) is 5.26 Å². The lowest BCUT2D eigenvalue weighted by atomic mass is 10.1. The van der Waals surface area contributed by atoms with Crippen LogP contribution in [0.5, 0.6) is 0 Å². The first-order chi connectivity index (χ1) is 8.20. The maximum Gasteiger partial charge on any atom is 0.127 e. The van der Waals surface area contributed by atoms with Gasteiger partial charge in [0.25, 0.3) is 0 Å². The Labute approximate surface area is 99.9 Å². The third-order valence-corrected chi connectivity index (χ3v) is 3.01. The molecule has 0 saturated heterocycles. The van der Waals surface area contributed by atoms with Crippen LogP contribution >= 0.6 is 0 Å². The third-order valence-electron chi connectivity index (χ3n) is 3.01. The Hall–Kier alpha value is -1.44. The topological polar surface area (TPSA) is 56.0 Å². The van der Waals surface area contributed by atoms with Crippen molar-refractivity contribution in [2.75, 3.05) is 6.54 Å². The van der Waals surface area contributed by atoms with Crippen molar-refractivity contribution < 1.29 is 9.50 Å². The maximum absolute atomic E-state index is 13.4. The minimum absolute atomic E-state index is 0.322. The van der Waals surface area contributed by atoms with Crippen LogP contribution in [0.25, 0.3) is 0 Å². The van der Waals surface area contributed by atoms with Crippen LogP contribution in [0.2, 0.25) is 0 Å². The Bertz CT molecular complexity index is 438. The summed E-state index contributed by atoms with van der Waals surface area (Å²) >= 11 is 0. The Kier molecular flexibility index (Phi) is 3.72. The molecule has 0 heterocycles. The number of rotatable bonds is 5. The highest BCUT2D eigenvalue weighted by molar-refractivity contribution is 5.33. The van der Waals surface area contributed by atoms with Crippen molar-refractivity contribution in [2.24, 2.45) is 5.92 Å². The lowest BCUT2D eigenvalue weighted by molar-refractivity contribution is 0.148. The summed E-state index contributed by atoms with van der Waals surface area (Å²) in [6.07, 6.45) is 1.83. The van der Waals surface area contributed by atoms with Crippen molar-refractivity contribution >= 4 is 0 Å². The van der Waals surface area contributed by atoms with Crippen molar-refractivity contribution in [3.05, 3.63) is 35.1 Å². The van der Waals surface area contributed by atoms with Gasteiger partial charge in [0.15, 0.2) is 0 Å². The molecule has 0 spiro atoms. The molecule has 1 aromatic carbocycles. The Morgan fingerprint density at radius 2 is 2.29 bits per heavy atom. The standard InChI is InChI=1S/C13H15FN2O/c14-12-4-1-9(6-15)5-11(12)7-16-8-13(17)10-2-3-10/h1,4-5,10,13,16-17H,2-3,7-8H2. The lowest BCUT2D eigenvalue weighted by Gasteiger charge is -2.11. The van der Waals surface area contributed by atoms with E-state index in [2.05, 4.69) is 5.32 Å². The molecule has 90 valence electrons. The van der Waals surface area contributed by atoms with Gasteiger partial charge < -0.3 is 10.4 Å². The summed E-state index contributed by atoms with van der Waals surface area (Å²) in [5.74, 6) is 0.0928. The summed E-state index contributed by atoms with van der Waals surface area (Å²) in [6, 6.07) is 6.27. The van der Waals surface area contributed by atoms with E-state index in [4.69, 9.17) is 5.26 Å². The first kappa shape index (κ1) is 12.0. The second-order valence-corrected chi connectivity index (χ2v) is 4.45. The van der Waals surface area contributed by atoms with Gasteiger partial charge in [-0.3, -0.25) is 0 Å². The van der Waals surface area contributed by atoms with E-state index in [0.29, 0.717) is 30.1 Å². The van der Waals surface area contributed by atoms with Crippen molar-refractivity contribution in [3.63, 3.8) is 0 Å². The van der Waals surface area contributed by atoms with Crippen LogP contribution in [0.4, 0.5) is 4.39 Å². The molecule has 1 atom stereocenters. The van der Waals surface area contributed by atoms with Crippen molar-refractivity contribution in [3.8, 4) is 6.07 Å². The summed E-state index contributed by atoms with van der Waals surface area (Å²) in [4.78, 5) is 0. The second kappa shape index (κ2) is 5.26. The normalized spacial score (nSPS) is 16.5. The zero-order valence-electron chi connectivity index (χ0n) is 9.49. The molecule has 0 aromatic heterocycles. The molecule has 0 bridgehead atoms. The van der Waals surface area contributed by atoms with E-state index in [0.717, 1.165) is 12.8 Å². The summed E-state index contributed by atoms with van der Waals surface area (Å²) in [6.45, 7) is 0.812. The molecule has 4 heteroatoms. The molecular weight excluding hydrogens is 219 g/mol. The molecule has 1 unspecified atom stereocenters. The van der Waals surface area contributed by atoms with E-state index >= 15 is 0 Å². The Morgan fingerprint density at radius 1 is 1.53 bits per heavy atom. The molecule has 0 radical (unpaired) electrons. The maximum atomic E-state index is 13.4. The molecule has 2 N–H and O–H groups in total. The van der Waals surface area contributed by atoms with Gasteiger partial charge in [0.2, 0.25) is 0 Å². The van der Waals surface area contributed by atoms with Gasteiger partial charge in [-0.2, -0.15) is 5.26 Å². The number of hydrogen-bond acceptors (Lipinski definition) is 3. The molecule has 0 amide bonds. The number of hydrogen-bond donors (Lipinski definition) is 2. The average Bonchev–Trinajstić information content (AvgIpc) is 3.15. The predicted molar refractivity (Wildman–Crippen MR) is 61.6 cm³/mol. The van der Waals surface area contributed by atoms with Gasteiger partial charge in [-0.1, -0.05) is 0 Å². The van der Waals surface area contributed by atoms with E-state index in [-0.39, 0.29) is 11.9 Å². The molecule has 1 fully saturated rings. The molecular formula is C13H15FN2O. The molecule has 1 saturated carbocycles. The highest BCUT2D eigenvalue weighted by Gasteiger charge is 2.29. The first-order valence-electron chi connectivity index (χ1n) is 5.78. The van der Waals surface area contributed by atoms with Gasteiger partial charge in [-0.15, -0.1) is 0 Å². The molecule has 1 aromatic rings. The number of nitrogens with one attached hydrogen (secondary N) is 1. The van der Waals surface area contributed by atoms with Gasteiger partial charge in [0.1, 0.15) is 5.82 Å². The van der Waals surface area contributed by atoms with Crippen LogP contribution in [-0.4, -0.2) is 17.8 Å². The third kappa shape index (κ3) is 3.26. The average molecular weight is 234 g/mol. The molecule has 0 aliphatic heterocycles. The lowest BCUT2D eigenvalue weighted by Crippen LogP contribution is -2.28. The highest BCUT2D eigenvalue weighted by Crippen LogP contribution is 2.32. The fourth-order valence-electron chi connectivity index (χ4n) is 1.78. The summed E-state index contributed by atoms with van der Waals surface area (Å²) in [7, 11) is 0. The van der Waals surface area contributed by atoms with Crippen LogP contribution in [0.1, 0.15) is 24.0 Å². The summed E-state index contributed by atoms with van der Waals surface area (Å²) < 4.78 is 13.4. The van der Waals surface area contributed by atoms with Crippen LogP contribution in [0.3, 0.4) is 0 Å². The quantitative estimate of drug-likeness (QED) is 0.812. The van der Waals surface area contributed by atoms with E-state index in [1.54, 1.807) is 0 Å². The highest BCUT2D eigenvalue weighted by atomic mass is 19.1. The molecule has 3 nitrogen and oxygen atoms in total. The number of nitrogens with zero attached hydrogens (tertiary/aromatic N) is 1. The van der Waals surface area contributed by atoms with Gasteiger partial charge in [0, 0.05) is 18.7 Å². The molecule has 17 heavy (non-hydrogen) atoms. The van der Waals surface area contributed by atoms with Crippen LogP contribution < -0.4 is 5.32 Å². The zero-order chi connectivity index (χ0) is 12.3. The fraction of sp³-hybridized carbons (Fsp3) is 0.462. The predicted octanol–water partition coefficient (Wildman–Crippen LogP) is 1.56. The minimum Gasteiger partial charge on any atom is -0.392 e. The van der Waals surface area contributed by atoms with Crippen molar-refractivity contribution in [2.45, 2.75) is 25.5 Å². The van der Waals surface area contributed by atoms with Crippen LogP contribution in [0, 0.1) is 23.1 Å². The molecule has 1 aliphatic rings. The minimum atomic E-state index is -0.336. The van der Waals surface area contributed by atoms with Gasteiger partial charge in [-0.25, -0.2) is 4.39 Å². The van der Waals surface area contributed by atoms with E-state index in [9.17, 15) is 9.50 Å².